The van der Waals surface area contributed by atoms with Gasteiger partial charge >= 0.3 is 0 Å². The van der Waals surface area contributed by atoms with Crippen molar-refractivity contribution >= 4 is 5.69 Å². The van der Waals surface area contributed by atoms with Gasteiger partial charge in [-0.2, -0.15) is 0 Å². The fourth-order valence-corrected chi connectivity index (χ4v) is 1.03. The summed E-state index contributed by atoms with van der Waals surface area (Å²) in [6.07, 6.45) is -2.33. The molecule has 0 aliphatic rings. The second-order valence-electron chi connectivity index (χ2n) is 2.73. The zero-order valence-corrected chi connectivity index (χ0v) is 7.97. The van der Waals surface area contributed by atoms with Crippen LogP contribution in [0.1, 0.15) is 6.92 Å². The number of ether oxygens (including phenoxy) is 1. The van der Waals surface area contributed by atoms with Crippen LogP contribution in [0.3, 0.4) is 0 Å². The van der Waals surface area contributed by atoms with Gasteiger partial charge in [-0.25, -0.2) is 8.78 Å². The normalized spacial score (nSPS) is 10.3. The molecular weight excluding hydrogens is 188 g/mol. The topological polar surface area (TPSA) is 21.3 Å². The van der Waals surface area contributed by atoms with Crippen LogP contribution in [0.5, 0.6) is 5.75 Å². The largest absolute Gasteiger partial charge is 0.494 e. The summed E-state index contributed by atoms with van der Waals surface area (Å²) in [5, 5.41) is 2.61. The number of anilines is 1. The van der Waals surface area contributed by atoms with Crippen LogP contribution in [0.25, 0.3) is 0 Å². The lowest BCUT2D eigenvalue weighted by Gasteiger charge is -2.07. The number of halogens is 2. The Labute approximate surface area is 81.9 Å². The first-order chi connectivity index (χ1) is 6.72. The number of hydrogen-bond acceptors (Lipinski definition) is 2. The molecule has 0 saturated heterocycles. The second-order valence-corrected chi connectivity index (χ2v) is 2.73. The highest BCUT2D eigenvalue weighted by molar-refractivity contribution is 5.46. The summed E-state index contributed by atoms with van der Waals surface area (Å²) >= 11 is 0. The van der Waals surface area contributed by atoms with Crippen molar-refractivity contribution in [2.24, 2.45) is 0 Å². The molecule has 0 bridgehead atoms. The first-order valence-electron chi connectivity index (χ1n) is 4.47. The molecule has 0 unspecified atom stereocenters. The lowest BCUT2D eigenvalue weighted by molar-refractivity contribution is 0.163. The molecule has 0 atom stereocenters. The second kappa shape index (κ2) is 5.42. The van der Waals surface area contributed by atoms with Crippen molar-refractivity contribution in [2.45, 2.75) is 13.3 Å². The molecular formula is C10H13F2NO. The van der Waals surface area contributed by atoms with Gasteiger partial charge in [0.15, 0.2) is 0 Å². The number of nitrogens with one attached hydrogen (secondary N) is 1. The van der Waals surface area contributed by atoms with Crippen molar-refractivity contribution in [1.29, 1.82) is 0 Å². The third-order valence-corrected chi connectivity index (χ3v) is 1.63. The van der Waals surface area contributed by atoms with E-state index >= 15 is 0 Å². The Kier molecular flexibility index (Phi) is 4.16. The highest BCUT2D eigenvalue weighted by Gasteiger charge is 2.01. The molecule has 0 spiro atoms. The summed E-state index contributed by atoms with van der Waals surface area (Å²) in [5.41, 5.74) is 0.675. The molecule has 1 N–H and O–H groups in total. The van der Waals surface area contributed by atoms with Gasteiger partial charge in [0.05, 0.1) is 13.2 Å². The van der Waals surface area contributed by atoms with Gasteiger partial charge in [0.1, 0.15) is 5.75 Å². The monoisotopic (exact) mass is 201 g/mol. The van der Waals surface area contributed by atoms with Crippen LogP contribution in [0.4, 0.5) is 14.5 Å². The maximum Gasteiger partial charge on any atom is 0.255 e. The van der Waals surface area contributed by atoms with Crippen molar-refractivity contribution in [3.8, 4) is 5.75 Å². The minimum absolute atomic E-state index is 0.325. The summed E-state index contributed by atoms with van der Waals surface area (Å²) in [4.78, 5) is 0. The van der Waals surface area contributed by atoms with Crippen LogP contribution >= 0.6 is 0 Å². The molecule has 1 rings (SSSR count). The summed E-state index contributed by atoms with van der Waals surface area (Å²) in [6.45, 7) is 2.17. The first-order valence-corrected chi connectivity index (χ1v) is 4.47. The molecule has 0 aliphatic heterocycles. The molecule has 4 heteroatoms. The molecule has 1 aromatic carbocycles. The van der Waals surface area contributed by atoms with E-state index in [0.29, 0.717) is 12.3 Å². The predicted molar refractivity (Wildman–Crippen MR) is 52.1 cm³/mol. The summed E-state index contributed by atoms with van der Waals surface area (Å²) in [6, 6.07) is 6.93. The van der Waals surface area contributed by atoms with E-state index in [1.165, 1.54) is 0 Å². The van der Waals surface area contributed by atoms with E-state index in [-0.39, 0.29) is 6.54 Å². The standard InChI is InChI=1S/C10H13F2NO/c1-2-14-9-5-3-8(4-6-9)13-7-10(11)12/h3-6,10,13H,2,7H2,1H3. The molecule has 0 amide bonds. The van der Waals surface area contributed by atoms with Gasteiger partial charge in [0, 0.05) is 5.69 Å². The van der Waals surface area contributed by atoms with Crippen molar-refractivity contribution in [2.75, 3.05) is 18.5 Å². The lowest BCUT2D eigenvalue weighted by Crippen LogP contribution is -2.09. The Morgan fingerprint density at radius 1 is 1.29 bits per heavy atom. The van der Waals surface area contributed by atoms with Crippen LogP contribution < -0.4 is 10.1 Å². The Bertz CT molecular complexity index is 261. The minimum atomic E-state index is -2.33. The van der Waals surface area contributed by atoms with Gasteiger partial charge in [-0.1, -0.05) is 0 Å². The van der Waals surface area contributed by atoms with E-state index in [1.54, 1.807) is 24.3 Å². The minimum Gasteiger partial charge on any atom is -0.494 e. The molecule has 2 nitrogen and oxygen atoms in total. The van der Waals surface area contributed by atoms with Crippen molar-refractivity contribution in [3.05, 3.63) is 24.3 Å². The number of benzene rings is 1. The maximum atomic E-state index is 11.8. The number of rotatable bonds is 5. The van der Waals surface area contributed by atoms with Crippen molar-refractivity contribution in [1.82, 2.24) is 0 Å². The average Bonchev–Trinajstić information content (AvgIpc) is 2.17. The summed E-state index contributed by atoms with van der Waals surface area (Å²) in [7, 11) is 0. The third kappa shape index (κ3) is 3.60. The highest BCUT2D eigenvalue weighted by atomic mass is 19.3. The van der Waals surface area contributed by atoms with Crippen LogP contribution in [-0.2, 0) is 0 Å². The van der Waals surface area contributed by atoms with Crippen LogP contribution in [-0.4, -0.2) is 19.6 Å². The van der Waals surface area contributed by atoms with E-state index in [9.17, 15) is 8.78 Å². The van der Waals surface area contributed by atoms with E-state index in [4.69, 9.17) is 4.74 Å². The van der Waals surface area contributed by atoms with E-state index in [0.717, 1.165) is 5.75 Å². The Hall–Kier alpha value is -1.32. The molecule has 0 radical (unpaired) electrons. The first kappa shape index (κ1) is 10.8. The Morgan fingerprint density at radius 2 is 1.93 bits per heavy atom. The SMILES string of the molecule is CCOc1ccc(NCC(F)F)cc1. The smallest absolute Gasteiger partial charge is 0.255 e. The molecule has 0 heterocycles. The molecule has 0 fully saturated rings. The lowest BCUT2D eigenvalue weighted by atomic mass is 10.3. The van der Waals surface area contributed by atoms with Gasteiger partial charge in [0.2, 0.25) is 0 Å². The Morgan fingerprint density at radius 3 is 2.43 bits per heavy atom. The summed E-state index contributed by atoms with van der Waals surface area (Å²) in [5.74, 6) is 0.745. The maximum absolute atomic E-state index is 11.8. The molecule has 14 heavy (non-hydrogen) atoms. The predicted octanol–water partition coefficient (Wildman–Crippen LogP) is 2.76. The molecule has 0 aliphatic carbocycles. The van der Waals surface area contributed by atoms with Crippen LogP contribution in [0.15, 0.2) is 24.3 Å². The number of hydrogen-bond donors (Lipinski definition) is 1. The van der Waals surface area contributed by atoms with E-state index in [1.807, 2.05) is 6.92 Å². The van der Waals surface area contributed by atoms with E-state index in [2.05, 4.69) is 5.32 Å². The average molecular weight is 201 g/mol. The van der Waals surface area contributed by atoms with Gasteiger partial charge in [-0.3, -0.25) is 0 Å². The van der Waals surface area contributed by atoms with Crippen molar-refractivity contribution < 1.29 is 13.5 Å². The third-order valence-electron chi connectivity index (χ3n) is 1.63. The molecule has 1 aromatic rings. The fraction of sp³-hybridized carbons (Fsp3) is 0.400. The molecule has 0 saturated carbocycles. The van der Waals surface area contributed by atoms with Gasteiger partial charge in [-0.15, -0.1) is 0 Å². The van der Waals surface area contributed by atoms with Gasteiger partial charge < -0.3 is 10.1 Å². The van der Waals surface area contributed by atoms with Crippen LogP contribution in [0.2, 0.25) is 0 Å². The number of alkyl halides is 2. The molecule has 0 aromatic heterocycles. The molecule has 78 valence electrons. The van der Waals surface area contributed by atoms with Crippen molar-refractivity contribution in [3.63, 3.8) is 0 Å². The zero-order chi connectivity index (χ0) is 10.4. The quantitative estimate of drug-likeness (QED) is 0.790. The van der Waals surface area contributed by atoms with Gasteiger partial charge in [-0.05, 0) is 31.2 Å². The van der Waals surface area contributed by atoms with E-state index < -0.39 is 6.43 Å². The summed E-state index contributed by atoms with van der Waals surface area (Å²) < 4.78 is 28.9. The zero-order valence-electron chi connectivity index (χ0n) is 7.97. The van der Waals surface area contributed by atoms with Gasteiger partial charge in [0.25, 0.3) is 6.43 Å². The fourth-order valence-electron chi connectivity index (χ4n) is 1.03. The Balaban J connectivity index is 2.46. The highest BCUT2D eigenvalue weighted by Crippen LogP contribution is 2.15. The van der Waals surface area contributed by atoms with Crippen LogP contribution in [0, 0.1) is 0 Å².